The Kier molecular flexibility index (Phi) is 4.73. The molecule has 1 aromatic rings. The van der Waals surface area contributed by atoms with Gasteiger partial charge in [0.05, 0.1) is 6.54 Å². The van der Waals surface area contributed by atoms with Crippen molar-refractivity contribution in [1.29, 1.82) is 0 Å². The molecular weight excluding hydrogens is 258 g/mol. The van der Waals surface area contributed by atoms with E-state index in [1.807, 2.05) is 11.8 Å². The average molecular weight is 279 g/mol. The second-order valence-electron chi connectivity index (χ2n) is 5.03. The smallest absolute Gasteiger partial charge is 0.293 e. The first-order chi connectivity index (χ1) is 9.60. The summed E-state index contributed by atoms with van der Waals surface area (Å²) in [4.78, 5) is 29.1. The number of primary amides is 1. The lowest BCUT2D eigenvalue weighted by Gasteiger charge is -2.31. The highest BCUT2D eigenvalue weighted by atomic mass is 16.1. The van der Waals surface area contributed by atoms with Gasteiger partial charge in [-0.2, -0.15) is 0 Å². The zero-order valence-corrected chi connectivity index (χ0v) is 11.7. The van der Waals surface area contributed by atoms with Gasteiger partial charge in [0, 0.05) is 38.1 Å². The summed E-state index contributed by atoms with van der Waals surface area (Å²) < 4.78 is 1.62. The lowest BCUT2D eigenvalue weighted by molar-refractivity contribution is -0.119. The molecule has 1 saturated heterocycles. The van der Waals surface area contributed by atoms with E-state index in [9.17, 15) is 9.59 Å². The van der Waals surface area contributed by atoms with Crippen LogP contribution in [0, 0.1) is 0 Å². The molecule has 2 rings (SSSR count). The first-order valence-corrected chi connectivity index (χ1v) is 6.92. The maximum Gasteiger partial charge on any atom is 0.293 e. The Bertz CT molecular complexity index is 520. The van der Waals surface area contributed by atoms with Crippen molar-refractivity contribution in [3.05, 3.63) is 22.7 Å². The van der Waals surface area contributed by atoms with Gasteiger partial charge < -0.3 is 15.6 Å². The van der Waals surface area contributed by atoms with E-state index < -0.39 is 0 Å². The van der Waals surface area contributed by atoms with E-state index in [1.54, 1.807) is 17.0 Å². The molecular formula is C13H21N5O2. The molecule has 0 bridgehead atoms. The molecule has 110 valence electrons. The first kappa shape index (κ1) is 14.5. The largest absolute Gasteiger partial charge is 0.369 e. The molecule has 0 unspecified atom stereocenters. The van der Waals surface area contributed by atoms with Crippen molar-refractivity contribution in [2.24, 2.45) is 5.73 Å². The molecule has 7 heteroatoms. The number of aryl methyl sites for hydroxylation is 1. The number of likely N-dealkylation sites (tertiary alicyclic amines) is 1. The Balaban J connectivity index is 1.93. The van der Waals surface area contributed by atoms with Gasteiger partial charge in [-0.25, -0.2) is 4.98 Å². The number of piperidine rings is 1. The standard InChI is InChI=1S/C13H21N5O2/c1-2-18-8-5-15-12(13(18)20)16-10-3-6-17(7-4-10)9-11(14)19/h5,8,10H,2-4,6-7,9H2,1H3,(H2,14,19)(H,15,16). The predicted octanol–water partition coefficient (Wildman–Crippen LogP) is -0.375. The first-order valence-electron chi connectivity index (χ1n) is 6.92. The summed E-state index contributed by atoms with van der Waals surface area (Å²) in [6.45, 7) is 4.46. The number of nitrogens with one attached hydrogen (secondary N) is 1. The zero-order valence-electron chi connectivity index (χ0n) is 11.7. The average Bonchev–Trinajstić information content (AvgIpc) is 2.43. The highest BCUT2D eigenvalue weighted by Gasteiger charge is 2.21. The lowest BCUT2D eigenvalue weighted by atomic mass is 10.1. The summed E-state index contributed by atoms with van der Waals surface area (Å²) in [5.41, 5.74) is 5.09. The number of hydrogen-bond donors (Lipinski definition) is 2. The Morgan fingerprint density at radius 1 is 1.50 bits per heavy atom. The number of hydrogen-bond acceptors (Lipinski definition) is 5. The minimum atomic E-state index is -0.299. The Hall–Kier alpha value is -1.89. The molecule has 2 heterocycles. The van der Waals surface area contributed by atoms with Crippen LogP contribution < -0.4 is 16.6 Å². The van der Waals surface area contributed by atoms with E-state index in [1.165, 1.54) is 0 Å². The Morgan fingerprint density at radius 3 is 2.80 bits per heavy atom. The monoisotopic (exact) mass is 279 g/mol. The number of nitrogens with zero attached hydrogens (tertiary/aromatic N) is 3. The molecule has 20 heavy (non-hydrogen) atoms. The lowest BCUT2D eigenvalue weighted by Crippen LogP contribution is -2.43. The van der Waals surface area contributed by atoms with Crippen LogP contribution >= 0.6 is 0 Å². The van der Waals surface area contributed by atoms with Crippen LogP contribution in [0.2, 0.25) is 0 Å². The van der Waals surface area contributed by atoms with Crippen LogP contribution in [0.5, 0.6) is 0 Å². The number of aromatic nitrogens is 2. The highest BCUT2D eigenvalue weighted by molar-refractivity contribution is 5.75. The fraction of sp³-hybridized carbons (Fsp3) is 0.615. The minimum absolute atomic E-state index is 0.0884. The van der Waals surface area contributed by atoms with E-state index in [2.05, 4.69) is 10.3 Å². The van der Waals surface area contributed by atoms with Crippen LogP contribution in [-0.4, -0.2) is 46.0 Å². The van der Waals surface area contributed by atoms with Gasteiger partial charge in [0.1, 0.15) is 0 Å². The van der Waals surface area contributed by atoms with Crippen molar-refractivity contribution in [2.75, 3.05) is 25.0 Å². The van der Waals surface area contributed by atoms with Crippen LogP contribution in [0.3, 0.4) is 0 Å². The van der Waals surface area contributed by atoms with Gasteiger partial charge in [0.2, 0.25) is 5.91 Å². The fourth-order valence-corrected chi connectivity index (χ4v) is 2.44. The van der Waals surface area contributed by atoms with E-state index in [0.29, 0.717) is 18.9 Å². The molecule has 0 spiro atoms. The van der Waals surface area contributed by atoms with Crippen molar-refractivity contribution in [3.8, 4) is 0 Å². The molecule has 1 aliphatic rings. The molecule has 3 N–H and O–H groups in total. The van der Waals surface area contributed by atoms with Crippen molar-refractivity contribution in [2.45, 2.75) is 32.4 Å². The maximum atomic E-state index is 12.0. The summed E-state index contributed by atoms with van der Waals surface area (Å²) in [5.74, 6) is 0.106. The van der Waals surface area contributed by atoms with Crippen molar-refractivity contribution in [3.63, 3.8) is 0 Å². The van der Waals surface area contributed by atoms with E-state index >= 15 is 0 Å². The third kappa shape index (κ3) is 3.57. The number of anilines is 1. The van der Waals surface area contributed by atoms with Crippen LogP contribution in [0.25, 0.3) is 0 Å². The quantitative estimate of drug-likeness (QED) is 0.766. The summed E-state index contributed by atoms with van der Waals surface area (Å²) >= 11 is 0. The van der Waals surface area contributed by atoms with E-state index in [-0.39, 0.29) is 17.5 Å². The van der Waals surface area contributed by atoms with Crippen LogP contribution in [0.4, 0.5) is 5.82 Å². The highest BCUT2D eigenvalue weighted by Crippen LogP contribution is 2.13. The molecule has 7 nitrogen and oxygen atoms in total. The van der Waals surface area contributed by atoms with Gasteiger partial charge in [-0.15, -0.1) is 0 Å². The molecule has 1 amide bonds. The van der Waals surface area contributed by atoms with Crippen LogP contribution in [0.1, 0.15) is 19.8 Å². The zero-order chi connectivity index (χ0) is 14.5. The summed E-state index contributed by atoms with van der Waals surface area (Å²) in [7, 11) is 0. The second kappa shape index (κ2) is 6.51. The number of rotatable bonds is 5. The summed E-state index contributed by atoms with van der Waals surface area (Å²) in [6, 6.07) is 0.215. The van der Waals surface area contributed by atoms with Gasteiger partial charge in [-0.05, 0) is 19.8 Å². The van der Waals surface area contributed by atoms with Crippen LogP contribution in [-0.2, 0) is 11.3 Å². The number of amides is 1. The van der Waals surface area contributed by atoms with E-state index in [4.69, 9.17) is 5.73 Å². The Morgan fingerprint density at radius 2 is 2.20 bits per heavy atom. The summed E-state index contributed by atoms with van der Waals surface area (Å²) in [6.07, 6.45) is 5.06. The SMILES string of the molecule is CCn1ccnc(NC2CCN(CC(N)=O)CC2)c1=O. The van der Waals surface area contributed by atoms with Gasteiger partial charge >= 0.3 is 0 Å². The maximum absolute atomic E-state index is 12.0. The van der Waals surface area contributed by atoms with Gasteiger partial charge in [0.25, 0.3) is 5.56 Å². The minimum Gasteiger partial charge on any atom is -0.369 e. The van der Waals surface area contributed by atoms with Crippen molar-refractivity contribution in [1.82, 2.24) is 14.5 Å². The molecule has 1 fully saturated rings. The van der Waals surface area contributed by atoms with Crippen molar-refractivity contribution < 1.29 is 4.79 Å². The molecule has 0 saturated carbocycles. The normalized spacial score (nSPS) is 17.1. The second-order valence-corrected chi connectivity index (χ2v) is 5.03. The van der Waals surface area contributed by atoms with E-state index in [0.717, 1.165) is 25.9 Å². The fourth-order valence-electron chi connectivity index (χ4n) is 2.44. The topological polar surface area (TPSA) is 93.2 Å². The van der Waals surface area contributed by atoms with Gasteiger partial charge in [-0.3, -0.25) is 14.5 Å². The molecule has 1 aliphatic heterocycles. The molecule has 0 aromatic carbocycles. The number of carbonyl (C=O) groups excluding carboxylic acids is 1. The van der Waals surface area contributed by atoms with Crippen LogP contribution in [0.15, 0.2) is 17.2 Å². The number of nitrogens with two attached hydrogens (primary N) is 1. The Labute approximate surface area is 117 Å². The summed E-state index contributed by atoms with van der Waals surface area (Å²) in [5, 5.41) is 3.21. The molecule has 0 aliphatic carbocycles. The van der Waals surface area contributed by atoms with Crippen molar-refractivity contribution >= 4 is 11.7 Å². The molecule has 0 atom stereocenters. The molecule has 1 aromatic heterocycles. The van der Waals surface area contributed by atoms with Gasteiger partial charge in [-0.1, -0.05) is 0 Å². The third-order valence-electron chi connectivity index (χ3n) is 3.56. The third-order valence-corrected chi connectivity index (χ3v) is 3.56. The van der Waals surface area contributed by atoms with Gasteiger partial charge in [0.15, 0.2) is 5.82 Å². The predicted molar refractivity (Wildman–Crippen MR) is 76.5 cm³/mol. The molecule has 0 radical (unpaired) electrons. The number of carbonyl (C=O) groups is 1.